The Morgan fingerprint density at radius 1 is 1.38 bits per heavy atom. The van der Waals surface area contributed by atoms with Crippen molar-refractivity contribution in [1.82, 2.24) is 0 Å². The summed E-state index contributed by atoms with van der Waals surface area (Å²) >= 11 is 1.83. The molecule has 0 bridgehead atoms. The Bertz CT molecular complexity index is 357. The molecule has 2 heteroatoms. The third-order valence-electron chi connectivity index (χ3n) is 2.54. The van der Waals surface area contributed by atoms with E-state index in [9.17, 15) is 0 Å². The van der Waals surface area contributed by atoms with Crippen molar-refractivity contribution in [3.63, 3.8) is 0 Å². The first-order valence-electron chi connectivity index (χ1n) is 4.65. The molecule has 1 nitrogen and oxygen atoms in total. The van der Waals surface area contributed by atoms with Gasteiger partial charge in [0.1, 0.15) is 5.00 Å². The van der Waals surface area contributed by atoms with Gasteiger partial charge in [0.05, 0.1) is 5.56 Å². The minimum atomic E-state index is 1.11. The van der Waals surface area contributed by atoms with Gasteiger partial charge in [-0.05, 0) is 31.2 Å². The molecule has 0 aromatic carbocycles. The standard InChI is InChI=1S/C11H13NS/c1-3-8-9-6-4-5-7-10(9)13-11(8)12-2/h1,12H,4-7H2,2H3. The Balaban J connectivity index is 2.52. The van der Waals surface area contributed by atoms with Crippen LogP contribution >= 0.6 is 11.3 Å². The van der Waals surface area contributed by atoms with Crippen LogP contribution in [-0.2, 0) is 12.8 Å². The maximum Gasteiger partial charge on any atom is 0.104 e. The van der Waals surface area contributed by atoms with Gasteiger partial charge in [0, 0.05) is 11.9 Å². The SMILES string of the molecule is C#Cc1c(NC)sc2c1CCCC2. The zero-order chi connectivity index (χ0) is 9.26. The zero-order valence-electron chi connectivity index (χ0n) is 7.81. The summed E-state index contributed by atoms with van der Waals surface area (Å²) in [7, 11) is 1.94. The second-order valence-electron chi connectivity index (χ2n) is 3.31. The first-order valence-corrected chi connectivity index (χ1v) is 5.47. The number of rotatable bonds is 1. The highest BCUT2D eigenvalue weighted by Crippen LogP contribution is 2.37. The van der Waals surface area contributed by atoms with E-state index in [1.54, 1.807) is 0 Å². The van der Waals surface area contributed by atoms with Gasteiger partial charge < -0.3 is 5.32 Å². The van der Waals surface area contributed by atoms with Crippen molar-refractivity contribution < 1.29 is 0 Å². The van der Waals surface area contributed by atoms with Crippen molar-refractivity contribution in [3.8, 4) is 12.3 Å². The third kappa shape index (κ3) is 1.34. The van der Waals surface area contributed by atoms with Crippen LogP contribution in [-0.4, -0.2) is 7.05 Å². The Hall–Kier alpha value is -0.940. The van der Waals surface area contributed by atoms with Crippen LogP contribution in [0.1, 0.15) is 28.8 Å². The highest BCUT2D eigenvalue weighted by molar-refractivity contribution is 7.16. The zero-order valence-corrected chi connectivity index (χ0v) is 8.63. The van der Waals surface area contributed by atoms with Gasteiger partial charge in [-0.1, -0.05) is 5.92 Å². The molecular formula is C11H13NS. The molecule has 68 valence electrons. The second kappa shape index (κ2) is 3.43. The molecule has 2 rings (SSSR count). The van der Waals surface area contributed by atoms with E-state index in [2.05, 4.69) is 11.2 Å². The van der Waals surface area contributed by atoms with Crippen LogP contribution < -0.4 is 5.32 Å². The third-order valence-corrected chi connectivity index (χ3v) is 3.85. The molecule has 1 aromatic rings. The molecule has 0 saturated heterocycles. The Morgan fingerprint density at radius 3 is 2.85 bits per heavy atom. The second-order valence-corrected chi connectivity index (χ2v) is 4.41. The van der Waals surface area contributed by atoms with Crippen LogP contribution in [0.25, 0.3) is 0 Å². The average molecular weight is 191 g/mol. The van der Waals surface area contributed by atoms with Gasteiger partial charge in [-0.3, -0.25) is 0 Å². The van der Waals surface area contributed by atoms with Crippen molar-refractivity contribution in [1.29, 1.82) is 0 Å². The summed E-state index contributed by atoms with van der Waals surface area (Å²) in [6.45, 7) is 0. The lowest BCUT2D eigenvalue weighted by Crippen LogP contribution is -1.99. The maximum atomic E-state index is 5.51. The normalized spacial score (nSPS) is 14.8. The van der Waals surface area contributed by atoms with Gasteiger partial charge in [0.2, 0.25) is 0 Å². The molecular weight excluding hydrogens is 178 g/mol. The van der Waals surface area contributed by atoms with Crippen LogP contribution in [0.2, 0.25) is 0 Å². The van der Waals surface area contributed by atoms with Gasteiger partial charge in [-0.25, -0.2) is 0 Å². The van der Waals surface area contributed by atoms with Crippen LogP contribution in [0.3, 0.4) is 0 Å². The van der Waals surface area contributed by atoms with E-state index in [0.717, 1.165) is 5.56 Å². The van der Waals surface area contributed by atoms with E-state index in [0.29, 0.717) is 0 Å². The van der Waals surface area contributed by atoms with Crippen molar-refractivity contribution in [2.75, 3.05) is 12.4 Å². The molecule has 0 aliphatic heterocycles. The minimum Gasteiger partial charge on any atom is -0.379 e. The van der Waals surface area contributed by atoms with E-state index in [-0.39, 0.29) is 0 Å². The number of aryl methyl sites for hydroxylation is 1. The Labute approximate surface area is 83.2 Å². The van der Waals surface area contributed by atoms with E-state index in [1.807, 2.05) is 18.4 Å². The van der Waals surface area contributed by atoms with Crippen LogP contribution in [0.4, 0.5) is 5.00 Å². The molecule has 0 amide bonds. The smallest absolute Gasteiger partial charge is 0.104 e. The van der Waals surface area contributed by atoms with E-state index in [1.165, 1.54) is 41.1 Å². The summed E-state index contributed by atoms with van der Waals surface area (Å²) in [4.78, 5) is 1.50. The highest BCUT2D eigenvalue weighted by Gasteiger charge is 2.18. The molecule has 1 heterocycles. The number of hydrogen-bond donors (Lipinski definition) is 1. The number of hydrogen-bond acceptors (Lipinski definition) is 2. The number of terminal acetylenes is 1. The van der Waals surface area contributed by atoms with Gasteiger partial charge in [-0.15, -0.1) is 17.8 Å². The molecule has 0 radical (unpaired) electrons. The molecule has 0 saturated carbocycles. The highest BCUT2D eigenvalue weighted by atomic mass is 32.1. The predicted octanol–water partition coefficient (Wildman–Crippen LogP) is 2.65. The van der Waals surface area contributed by atoms with Crippen molar-refractivity contribution in [2.24, 2.45) is 0 Å². The molecule has 0 unspecified atom stereocenters. The Kier molecular flexibility index (Phi) is 2.28. The molecule has 1 aromatic heterocycles. The van der Waals surface area contributed by atoms with Gasteiger partial charge >= 0.3 is 0 Å². The number of anilines is 1. The summed E-state index contributed by atoms with van der Waals surface area (Å²) in [5, 5.41) is 4.36. The molecule has 0 spiro atoms. The molecule has 0 fully saturated rings. The lowest BCUT2D eigenvalue weighted by atomic mass is 9.96. The summed E-state index contributed by atoms with van der Waals surface area (Å²) < 4.78 is 0. The van der Waals surface area contributed by atoms with Gasteiger partial charge in [0.25, 0.3) is 0 Å². The fourth-order valence-electron chi connectivity index (χ4n) is 1.89. The molecule has 1 aliphatic rings. The van der Waals surface area contributed by atoms with Crippen molar-refractivity contribution in [2.45, 2.75) is 25.7 Å². The predicted molar refractivity (Wildman–Crippen MR) is 58.4 cm³/mol. The van der Waals surface area contributed by atoms with Crippen molar-refractivity contribution >= 4 is 16.3 Å². The van der Waals surface area contributed by atoms with Crippen LogP contribution in [0.5, 0.6) is 0 Å². The quantitative estimate of drug-likeness (QED) is 0.673. The summed E-state index contributed by atoms with van der Waals surface area (Å²) in [6.07, 6.45) is 10.5. The van der Waals surface area contributed by atoms with Gasteiger partial charge in [0.15, 0.2) is 0 Å². The summed E-state index contributed by atoms with van der Waals surface area (Å²) in [5.74, 6) is 2.80. The van der Waals surface area contributed by atoms with E-state index in [4.69, 9.17) is 6.42 Å². The first kappa shape index (κ1) is 8.65. The van der Waals surface area contributed by atoms with Crippen LogP contribution in [0, 0.1) is 12.3 Å². The van der Waals surface area contributed by atoms with E-state index >= 15 is 0 Å². The molecule has 1 N–H and O–H groups in total. The topological polar surface area (TPSA) is 12.0 Å². The van der Waals surface area contributed by atoms with E-state index < -0.39 is 0 Å². The lowest BCUT2D eigenvalue weighted by molar-refractivity contribution is 0.696. The summed E-state index contributed by atoms with van der Waals surface area (Å²) in [6, 6.07) is 0. The minimum absolute atomic E-state index is 1.11. The average Bonchev–Trinajstić information content (AvgIpc) is 2.55. The molecule has 0 atom stereocenters. The number of fused-ring (bicyclic) bond motifs is 1. The number of thiophene rings is 1. The monoisotopic (exact) mass is 191 g/mol. The molecule has 1 aliphatic carbocycles. The fraction of sp³-hybridized carbons (Fsp3) is 0.455. The molecule has 13 heavy (non-hydrogen) atoms. The van der Waals surface area contributed by atoms with Crippen molar-refractivity contribution in [3.05, 3.63) is 16.0 Å². The van der Waals surface area contributed by atoms with Gasteiger partial charge in [-0.2, -0.15) is 0 Å². The fourth-order valence-corrected chi connectivity index (χ4v) is 3.10. The maximum absolute atomic E-state index is 5.51. The van der Waals surface area contributed by atoms with Crippen LogP contribution in [0.15, 0.2) is 0 Å². The first-order chi connectivity index (χ1) is 6.36. The largest absolute Gasteiger partial charge is 0.379 e. The lowest BCUT2D eigenvalue weighted by Gasteiger charge is -2.10. The number of nitrogens with one attached hydrogen (secondary N) is 1. The summed E-state index contributed by atoms with van der Waals surface area (Å²) in [5.41, 5.74) is 2.55. The Morgan fingerprint density at radius 2 is 2.15 bits per heavy atom.